The van der Waals surface area contributed by atoms with Crippen molar-refractivity contribution in [1.29, 1.82) is 0 Å². The van der Waals surface area contributed by atoms with Gasteiger partial charge in [-0.3, -0.25) is 0 Å². The molecule has 0 N–H and O–H groups in total. The van der Waals surface area contributed by atoms with Crippen LogP contribution in [0.25, 0.3) is 0 Å². The zero-order valence-corrected chi connectivity index (χ0v) is 2.86. The first-order valence-electron chi connectivity index (χ1n) is 0. The molecule has 0 heterocycles. The molecule has 4 heteroatoms. The molecule has 0 amide bonds. The Kier molecular flexibility index (Phi) is 163. The molecular weight excluding hydrogens is 128 g/mol. The normalized spacial score (nSPS) is 0. The first kappa shape index (κ1) is 34.5. The van der Waals surface area contributed by atoms with E-state index in [4.69, 9.17) is 0 Å². The summed E-state index contributed by atoms with van der Waals surface area (Å²) in [5.41, 5.74) is 0. The van der Waals surface area contributed by atoms with Crippen molar-refractivity contribution in [2.75, 3.05) is 0 Å². The van der Waals surface area contributed by atoms with Crippen LogP contribution >= 0.6 is 0 Å². The van der Waals surface area contributed by atoms with Gasteiger partial charge in [0.15, 0.2) is 0 Å². The van der Waals surface area contributed by atoms with Gasteiger partial charge >= 0.3 is 37.7 Å². The zero-order valence-electron chi connectivity index (χ0n) is 0.694. The fourth-order valence-electron chi connectivity index (χ4n) is 0. The molecule has 0 nitrogen and oxygen atoms in total. The fourth-order valence-corrected chi connectivity index (χ4v) is 0. The van der Waals surface area contributed by atoms with Crippen molar-refractivity contribution in [2.45, 2.75) is 0 Å². The predicted molar refractivity (Wildman–Crippen MR) is 14.3 cm³/mol. The number of hydrogen-bond acceptors (Lipinski definition) is 0. The molecule has 0 aromatic rings. The average molecular weight is 130 g/mol. The van der Waals surface area contributed by atoms with E-state index < -0.39 is 0 Å². The molecule has 0 unspecified atom stereocenters. The van der Waals surface area contributed by atoms with Crippen LogP contribution < -0.4 is 0 Å². The maximum absolute atomic E-state index is 0. The molecule has 0 aromatic heterocycles. The van der Waals surface area contributed by atoms with Gasteiger partial charge in [0.2, 0.25) is 0 Å². The van der Waals surface area contributed by atoms with Crippen molar-refractivity contribution in [1.82, 2.24) is 0 Å². The van der Waals surface area contributed by atoms with Gasteiger partial charge in [0.1, 0.15) is 0 Å². The number of hydrogen-bond donors (Lipinski definition) is 0. The Hall–Kier alpha value is 2.21. The molecule has 4 heavy (non-hydrogen) atoms. The molecule has 0 atom stereocenters. The summed E-state index contributed by atoms with van der Waals surface area (Å²) in [4.78, 5) is 0. The minimum atomic E-state index is 0. The Morgan fingerprint density at radius 1 is 0.750 bits per heavy atom. The first-order valence-corrected chi connectivity index (χ1v) is 0. The fraction of sp³-hybridized carbons (Fsp3) is 0. The third kappa shape index (κ3) is 8.88. The molecule has 21 valence electrons. The molecule has 0 saturated carbocycles. The molecule has 0 fully saturated rings. The summed E-state index contributed by atoms with van der Waals surface area (Å²) in [6, 6.07) is 0. The van der Waals surface area contributed by atoms with Crippen molar-refractivity contribution in [3.63, 3.8) is 0 Å². The van der Waals surface area contributed by atoms with Gasteiger partial charge in [0.25, 0.3) is 0 Å². The third-order valence-corrected chi connectivity index (χ3v) is 0. The third-order valence-electron chi connectivity index (χ3n) is 0. The van der Waals surface area contributed by atoms with Crippen LogP contribution in [-0.4, -0.2) is 37.7 Å². The maximum atomic E-state index is 0. The van der Waals surface area contributed by atoms with Crippen LogP contribution in [0.1, 0.15) is 0 Å². The minimum Gasteiger partial charge on any atom is 0 e. The van der Waals surface area contributed by atoms with Gasteiger partial charge < -0.3 is 0 Å². The van der Waals surface area contributed by atoms with E-state index in [-0.39, 0.29) is 71.3 Å². The Balaban J connectivity index is 0. The van der Waals surface area contributed by atoms with Gasteiger partial charge in [-0.2, -0.15) is 0 Å². The summed E-state index contributed by atoms with van der Waals surface area (Å²) in [6.45, 7) is 0. The first-order chi connectivity index (χ1) is 0. The number of rotatable bonds is 0. The topological polar surface area (TPSA) is 0 Å². The molecule has 0 spiro atoms. The Bertz CT molecular complexity index is 6.00. The van der Waals surface area contributed by atoms with Crippen LogP contribution in [0.4, 0.5) is 0 Å². The molecular formula is H2Li2MnNi. The van der Waals surface area contributed by atoms with E-state index in [2.05, 4.69) is 0 Å². The SMILES string of the molecule is [LiH].[LiH].[Mn].[Ni]. The van der Waals surface area contributed by atoms with Crippen LogP contribution in [0.15, 0.2) is 0 Å². The molecule has 0 aliphatic rings. The van der Waals surface area contributed by atoms with E-state index in [1.165, 1.54) is 0 Å². The van der Waals surface area contributed by atoms with E-state index in [0.717, 1.165) is 0 Å². The van der Waals surface area contributed by atoms with Crippen LogP contribution in [0.5, 0.6) is 0 Å². The Labute approximate surface area is 70.6 Å². The zero-order chi connectivity index (χ0) is 0. The Morgan fingerprint density at radius 2 is 0.750 bits per heavy atom. The monoisotopic (exact) mass is 129 g/mol. The quantitative estimate of drug-likeness (QED) is 0.357. The second-order valence-corrected chi connectivity index (χ2v) is 0. The second-order valence-electron chi connectivity index (χ2n) is 0. The summed E-state index contributed by atoms with van der Waals surface area (Å²) in [5, 5.41) is 0. The summed E-state index contributed by atoms with van der Waals surface area (Å²) in [5.74, 6) is 0. The van der Waals surface area contributed by atoms with Crippen molar-refractivity contribution < 1.29 is 33.6 Å². The van der Waals surface area contributed by atoms with Crippen molar-refractivity contribution in [2.24, 2.45) is 0 Å². The molecule has 1 radical (unpaired) electrons. The standard InChI is InChI=1S/2Li.Mn.Ni.2H. The summed E-state index contributed by atoms with van der Waals surface area (Å²) in [7, 11) is 0. The summed E-state index contributed by atoms with van der Waals surface area (Å²) < 4.78 is 0. The molecule has 0 bridgehead atoms. The largest absolute Gasteiger partial charge is 0 e. The van der Waals surface area contributed by atoms with Gasteiger partial charge in [-0.25, -0.2) is 0 Å². The average Bonchev–Trinajstić information content (AvgIpc) is 0. The van der Waals surface area contributed by atoms with Crippen LogP contribution in [0.2, 0.25) is 0 Å². The van der Waals surface area contributed by atoms with Gasteiger partial charge in [0, 0.05) is 33.6 Å². The molecule has 0 aromatic carbocycles. The van der Waals surface area contributed by atoms with E-state index in [9.17, 15) is 0 Å². The van der Waals surface area contributed by atoms with Crippen LogP contribution in [-0.2, 0) is 33.6 Å². The van der Waals surface area contributed by atoms with Gasteiger partial charge in [-0.15, -0.1) is 0 Å². The van der Waals surface area contributed by atoms with E-state index in [1.807, 2.05) is 0 Å². The summed E-state index contributed by atoms with van der Waals surface area (Å²) in [6.07, 6.45) is 0. The Morgan fingerprint density at radius 3 is 0.750 bits per heavy atom. The predicted octanol–water partition coefficient (Wildman–Crippen LogP) is -1.30. The maximum Gasteiger partial charge on any atom is 0 e. The smallest absolute Gasteiger partial charge is 0 e. The van der Waals surface area contributed by atoms with Crippen molar-refractivity contribution in [3.05, 3.63) is 0 Å². The van der Waals surface area contributed by atoms with Crippen molar-refractivity contribution >= 4 is 37.7 Å². The minimum absolute atomic E-state index is 0. The van der Waals surface area contributed by atoms with E-state index in [0.29, 0.717) is 0 Å². The summed E-state index contributed by atoms with van der Waals surface area (Å²) >= 11 is 0. The van der Waals surface area contributed by atoms with Crippen LogP contribution in [0.3, 0.4) is 0 Å². The second kappa shape index (κ2) is 18.9. The van der Waals surface area contributed by atoms with Crippen molar-refractivity contribution in [3.8, 4) is 0 Å². The van der Waals surface area contributed by atoms with Crippen LogP contribution in [0, 0.1) is 0 Å². The van der Waals surface area contributed by atoms with E-state index in [1.54, 1.807) is 0 Å². The van der Waals surface area contributed by atoms with E-state index >= 15 is 0 Å². The van der Waals surface area contributed by atoms with Gasteiger partial charge in [-0.1, -0.05) is 0 Å². The molecule has 0 aliphatic heterocycles. The molecule has 0 aliphatic carbocycles. The van der Waals surface area contributed by atoms with Gasteiger partial charge in [0.05, 0.1) is 0 Å². The van der Waals surface area contributed by atoms with Gasteiger partial charge in [-0.05, 0) is 0 Å². The molecule has 0 rings (SSSR count). The molecule has 0 saturated heterocycles.